The molecule has 0 aliphatic carbocycles. The van der Waals surface area contributed by atoms with Crippen molar-refractivity contribution >= 4 is 37.1 Å². The Hall–Kier alpha value is -4.60. The maximum Gasteiger partial charge on any atom is 0.252 e. The fourth-order valence-corrected chi connectivity index (χ4v) is 6.84. The normalized spacial score (nSPS) is 19.2. The number of hydrogen-bond donors (Lipinski definition) is 4. The van der Waals surface area contributed by atoms with Gasteiger partial charge in [0.25, 0.3) is 5.91 Å². The molecule has 1 aliphatic rings. The summed E-state index contributed by atoms with van der Waals surface area (Å²) in [5.74, 6) is -4.84. The predicted molar refractivity (Wildman–Crippen MR) is 164 cm³/mol. The second kappa shape index (κ2) is 14.2. The molecule has 12 heteroatoms. The van der Waals surface area contributed by atoms with Gasteiger partial charge in [0.05, 0.1) is 0 Å². The molecular formula is C32H34FN4O6P. The van der Waals surface area contributed by atoms with Crippen LogP contribution in [0.4, 0.5) is 4.39 Å². The monoisotopic (exact) mass is 620 g/mol. The van der Waals surface area contributed by atoms with Crippen LogP contribution in [-0.4, -0.2) is 57.7 Å². The van der Waals surface area contributed by atoms with Crippen molar-refractivity contribution in [1.82, 2.24) is 15.5 Å². The van der Waals surface area contributed by atoms with Gasteiger partial charge in [-0.2, -0.15) is 0 Å². The summed E-state index contributed by atoms with van der Waals surface area (Å²) in [6, 6.07) is 19.6. The van der Waals surface area contributed by atoms with Crippen molar-refractivity contribution < 1.29 is 33.0 Å². The summed E-state index contributed by atoms with van der Waals surface area (Å²) < 4.78 is 27.0. The number of nitrogens with two attached hydrogens (primary N) is 1. The second-order valence-corrected chi connectivity index (χ2v) is 13.0. The number of hydrogen-bond acceptors (Lipinski definition) is 5. The molecule has 5 N–H and O–H groups in total. The summed E-state index contributed by atoms with van der Waals surface area (Å²) >= 11 is 0. The van der Waals surface area contributed by atoms with Gasteiger partial charge in [0.15, 0.2) is 0 Å². The number of carbonyl (C=O) groups is 4. The van der Waals surface area contributed by atoms with Gasteiger partial charge in [-0.1, -0.05) is 72.8 Å². The standard InChI is InChI=1S/C32H34FN4O6P/c1-21-19-26(32(41)37(21)27(29(34)39)14-8-11-22-9-4-2-5-10-22)35-28(38)20-44(42,43)31(24-12-6-3-7-13-24)36-30(40)23-15-17-25(33)18-16-23/h2-13,15-18,21,26-27,31H,14,19-20H2,1H3,(H2,34,39)(H,35,38)(H,36,40)(H,42,43)/b11-8+/t21?,26-,27-,31?/m0/s1. The van der Waals surface area contributed by atoms with Crippen LogP contribution in [0.1, 0.15) is 47.0 Å². The molecule has 0 bridgehead atoms. The first-order valence-corrected chi connectivity index (χ1v) is 15.9. The molecule has 1 aliphatic heterocycles. The van der Waals surface area contributed by atoms with Crippen molar-refractivity contribution in [3.05, 3.63) is 114 Å². The van der Waals surface area contributed by atoms with Gasteiger partial charge in [-0.3, -0.25) is 23.7 Å². The molecule has 1 fully saturated rings. The number of likely N-dealkylation sites (tertiary alicyclic amines) is 1. The van der Waals surface area contributed by atoms with E-state index in [1.54, 1.807) is 31.2 Å². The van der Waals surface area contributed by atoms with Crippen molar-refractivity contribution in [2.24, 2.45) is 5.73 Å². The number of benzene rings is 3. The first-order chi connectivity index (χ1) is 21.0. The van der Waals surface area contributed by atoms with Gasteiger partial charge in [-0.05, 0) is 55.2 Å². The van der Waals surface area contributed by atoms with Crippen molar-refractivity contribution in [1.29, 1.82) is 0 Å². The molecule has 1 heterocycles. The summed E-state index contributed by atoms with van der Waals surface area (Å²) in [6.07, 6.45) is 3.00. The minimum atomic E-state index is -4.48. The molecular weight excluding hydrogens is 586 g/mol. The van der Waals surface area contributed by atoms with Crippen molar-refractivity contribution in [3.8, 4) is 0 Å². The first kappa shape index (κ1) is 32.3. The van der Waals surface area contributed by atoms with E-state index in [2.05, 4.69) is 10.6 Å². The molecule has 4 rings (SSSR count). The van der Waals surface area contributed by atoms with Crippen LogP contribution >= 0.6 is 7.37 Å². The Kier molecular flexibility index (Phi) is 10.5. The lowest BCUT2D eigenvalue weighted by molar-refractivity contribution is -0.139. The summed E-state index contributed by atoms with van der Waals surface area (Å²) in [7, 11) is -4.48. The predicted octanol–water partition coefficient (Wildman–Crippen LogP) is 3.59. The van der Waals surface area contributed by atoms with Crippen molar-refractivity contribution in [3.63, 3.8) is 0 Å². The zero-order valence-electron chi connectivity index (χ0n) is 24.0. The van der Waals surface area contributed by atoms with E-state index in [-0.39, 0.29) is 24.0 Å². The minimum Gasteiger partial charge on any atom is -0.368 e. The number of carbonyl (C=O) groups excluding carboxylic acids is 4. The molecule has 0 radical (unpaired) electrons. The summed E-state index contributed by atoms with van der Waals surface area (Å²) in [6.45, 7) is 1.73. The van der Waals surface area contributed by atoms with Crippen LogP contribution in [0, 0.1) is 5.82 Å². The van der Waals surface area contributed by atoms with E-state index < -0.39 is 66.9 Å². The van der Waals surface area contributed by atoms with Crippen molar-refractivity contribution in [2.75, 3.05) is 6.16 Å². The van der Waals surface area contributed by atoms with Crippen LogP contribution in [0.3, 0.4) is 0 Å². The SMILES string of the molecule is CC1C[C@H](NC(=O)CP(=O)(O)C(NC(=O)c2ccc(F)cc2)c2ccccc2)C(=O)N1[C@@H](C/C=C/c1ccccc1)C(N)=O. The number of halogens is 1. The van der Waals surface area contributed by atoms with Crippen molar-refractivity contribution in [2.45, 2.75) is 43.7 Å². The zero-order valence-corrected chi connectivity index (χ0v) is 24.9. The topological polar surface area (TPSA) is 159 Å². The van der Waals surface area contributed by atoms with Gasteiger partial charge in [0, 0.05) is 11.6 Å². The highest BCUT2D eigenvalue weighted by atomic mass is 31.2. The lowest BCUT2D eigenvalue weighted by Gasteiger charge is -2.28. The third-order valence-electron chi connectivity index (χ3n) is 7.34. The number of primary amides is 1. The van der Waals surface area contributed by atoms with Gasteiger partial charge >= 0.3 is 0 Å². The molecule has 0 spiro atoms. The van der Waals surface area contributed by atoms with E-state index in [4.69, 9.17) is 5.73 Å². The van der Waals surface area contributed by atoms with Crippen LogP contribution in [0.5, 0.6) is 0 Å². The maximum absolute atomic E-state index is 13.6. The van der Waals surface area contributed by atoms with E-state index in [1.807, 2.05) is 36.4 Å². The quantitative estimate of drug-likeness (QED) is 0.227. The van der Waals surface area contributed by atoms with E-state index >= 15 is 0 Å². The molecule has 5 atom stereocenters. The Morgan fingerprint density at radius 3 is 2.27 bits per heavy atom. The number of nitrogens with zero attached hydrogens (tertiary/aromatic N) is 1. The highest BCUT2D eigenvalue weighted by molar-refractivity contribution is 7.59. The summed E-state index contributed by atoms with van der Waals surface area (Å²) in [5.41, 5.74) is 6.91. The number of rotatable bonds is 12. The molecule has 3 aromatic rings. The largest absolute Gasteiger partial charge is 0.368 e. The Balaban J connectivity index is 1.45. The zero-order chi connectivity index (χ0) is 31.9. The van der Waals surface area contributed by atoms with E-state index in [0.29, 0.717) is 0 Å². The van der Waals surface area contributed by atoms with Gasteiger partial charge in [0.1, 0.15) is 29.8 Å². The first-order valence-electron chi connectivity index (χ1n) is 14.0. The minimum absolute atomic E-state index is 0.0602. The molecule has 3 aromatic carbocycles. The Bertz CT molecular complexity index is 1570. The Morgan fingerprint density at radius 1 is 1.05 bits per heavy atom. The summed E-state index contributed by atoms with van der Waals surface area (Å²) in [5, 5.41) is 5.03. The highest BCUT2D eigenvalue weighted by Gasteiger charge is 2.44. The molecule has 4 amide bonds. The summed E-state index contributed by atoms with van der Waals surface area (Å²) in [4.78, 5) is 64.1. The van der Waals surface area contributed by atoms with Crippen LogP contribution in [-0.2, 0) is 18.9 Å². The fourth-order valence-electron chi connectivity index (χ4n) is 5.20. The Labute approximate surface area is 254 Å². The van der Waals surface area contributed by atoms with E-state index in [0.717, 1.165) is 17.7 Å². The average Bonchev–Trinajstić information content (AvgIpc) is 3.26. The smallest absolute Gasteiger partial charge is 0.252 e. The molecule has 44 heavy (non-hydrogen) atoms. The van der Waals surface area contributed by atoms with Crippen LogP contribution in [0.2, 0.25) is 0 Å². The van der Waals surface area contributed by atoms with Gasteiger partial charge < -0.3 is 26.2 Å². The number of amides is 4. The Morgan fingerprint density at radius 2 is 1.66 bits per heavy atom. The molecule has 0 saturated carbocycles. The lowest BCUT2D eigenvalue weighted by Crippen LogP contribution is -2.51. The molecule has 1 saturated heterocycles. The van der Waals surface area contributed by atoms with Crippen LogP contribution in [0.15, 0.2) is 91.0 Å². The fraction of sp³-hybridized carbons (Fsp3) is 0.250. The molecule has 10 nitrogen and oxygen atoms in total. The molecule has 3 unspecified atom stereocenters. The molecule has 230 valence electrons. The van der Waals surface area contributed by atoms with Gasteiger partial charge in [0.2, 0.25) is 25.1 Å². The second-order valence-electron chi connectivity index (χ2n) is 10.6. The highest BCUT2D eigenvalue weighted by Crippen LogP contribution is 2.53. The van der Waals surface area contributed by atoms with E-state index in [9.17, 15) is 33.0 Å². The third kappa shape index (κ3) is 8.06. The maximum atomic E-state index is 13.6. The van der Waals surface area contributed by atoms with E-state index in [1.165, 1.54) is 29.2 Å². The number of nitrogens with one attached hydrogen (secondary N) is 2. The third-order valence-corrected chi connectivity index (χ3v) is 9.31. The van der Waals surface area contributed by atoms with Crippen LogP contribution < -0.4 is 16.4 Å². The van der Waals surface area contributed by atoms with Gasteiger partial charge in [-0.15, -0.1) is 0 Å². The average molecular weight is 621 g/mol. The van der Waals surface area contributed by atoms with Crippen LogP contribution in [0.25, 0.3) is 6.08 Å². The lowest BCUT2D eigenvalue weighted by atomic mass is 10.1. The molecule has 0 aromatic heterocycles. The van der Waals surface area contributed by atoms with Gasteiger partial charge in [-0.25, -0.2) is 4.39 Å².